The summed E-state index contributed by atoms with van der Waals surface area (Å²) in [6.07, 6.45) is 7.68. The Balaban J connectivity index is 1.76. The van der Waals surface area contributed by atoms with Gasteiger partial charge in [-0.25, -0.2) is 0 Å². The first kappa shape index (κ1) is 15.2. The molecule has 0 aromatic rings. The van der Waals surface area contributed by atoms with Crippen molar-refractivity contribution in [2.24, 2.45) is 39.9 Å². The van der Waals surface area contributed by atoms with E-state index in [1.54, 1.807) is 0 Å². The first-order chi connectivity index (χ1) is 10.2. The Hall–Kier alpha value is -0.370. The molecule has 0 aromatic carbocycles. The quantitative estimate of drug-likeness (QED) is 0.728. The van der Waals surface area contributed by atoms with Crippen molar-refractivity contribution in [1.82, 2.24) is 0 Å². The molecule has 22 heavy (non-hydrogen) atoms. The summed E-state index contributed by atoms with van der Waals surface area (Å²) in [7, 11) is 0. The summed E-state index contributed by atoms with van der Waals surface area (Å²) in [6, 6.07) is 0. The Morgan fingerprint density at radius 2 is 1.77 bits per heavy atom. The van der Waals surface area contributed by atoms with Crippen LogP contribution in [0.15, 0.2) is 0 Å². The van der Waals surface area contributed by atoms with E-state index in [0.717, 1.165) is 19.3 Å². The molecule has 1 N–H and O–H groups in total. The van der Waals surface area contributed by atoms with Crippen molar-refractivity contribution in [3.05, 3.63) is 0 Å². The fourth-order valence-electron chi connectivity index (χ4n) is 7.73. The Kier molecular flexibility index (Phi) is 3.02. The molecule has 2 nitrogen and oxygen atoms in total. The van der Waals surface area contributed by atoms with Gasteiger partial charge in [0.1, 0.15) is 5.78 Å². The van der Waals surface area contributed by atoms with Gasteiger partial charge in [0.15, 0.2) is 0 Å². The maximum absolute atomic E-state index is 12.7. The molecule has 124 valence electrons. The van der Waals surface area contributed by atoms with Gasteiger partial charge in [0.05, 0.1) is 6.10 Å². The van der Waals surface area contributed by atoms with Gasteiger partial charge in [-0.1, -0.05) is 27.7 Å². The maximum atomic E-state index is 12.7. The number of fused-ring (bicyclic) bond motifs is 3. The average molecular weight is 304 g/mol. The maximum Gasteiger partial charge on any atom is 0.136 e. The summed E-state index contributed by atoms with van der Waals surface area (Å²) in [4.78, 5) is 12.7. The minimum absolute atomic E-state index is 0.00126. The minimum Gasteiger partial charge on any atom is -0.393 e. The van der Waals surface area contributed by atoms with Gasteiger partial charge in [0.2, 0.25) is 0 Å². The van der Waals surface area contributed by atoms with E-state index in [9.17, 15) is 9.90 Å². The number of hydrogen-bond acceptors (Lipinski definition) is 2. The number of aliphatic hydroxyl groups excluding tert-OH is 1. The van der Waals surface area contributed by atoms with Crippen molar-refractivity contribution in [3.8, 4) is 0 Å². The SMILES string of the molecule is CC1C[C@@]23CCC4C(C)(C)[C@H](O)CC[C@@]4(C)C2CC(=O)[C@@H]1C3. The Morgan fingerprint density at radius 3 is 2.50 bits per heavy atom. The predicted molar refractivity (Wildman–Crippen MR) is 87.3 cm³/mol. The van der Waals surface area contributed by atoms with Crippen LogP contribution < -0.4 is 0 Å². The lowest BCUT2D eigenvalue weighted by Gasteiger charge is -2.64. The second-order valence-electron chi connectivity index (χ2n) is 10.1. The molecule has 2 heteroatoms. The largest absolute Gasteiger partial charge is 0.393 e. The molecule has 3 unspecified atom stereocenters. The van der Waals surface area contributed by atoms with Crippen LogP contribution in [0.25, 0.3) is 0 Å². The van der Waals surface area contributed by atoms with Gasteiger partial charge in [0.25, 0.3) is 0 Å². The van der Waals surface area contributed by atoms with Gasteiger partial charge < -0.3 is 5.11 Å². The van der Waals surface area contributed by atoms with E-state index < -0.39 is 0 Å². The molecular formula is C20H32O2. The van der Waals surface area contributed by atoms with E-state index in [1.807, 2.05) is 0 Å². The Bertz CT molecular complexity index is 510. The smallest absolute Gasteiger partial charge is 0.136 e. The second kappa shape index (κ2) is 4.37. The van der Waals surface area contributed by atoms with Gasteiger partial charge in [-0.3, -0.25) is 4.79 Å². The Morgan fingerprint density at radius 1 is 1.05 bits per heavy atom. The molecule has 1 spiro atoms. The summed E-state index contributed by atoms with van der Waals surface area (Å²) in [5.74, 6) is 2.65. The standard InChI is InChI=1S/C20H32O2/c1-12-10-20-8-5-15-18(2,3)17(22)6-7-19(15,4)16(20)9-14(21)13(12)11-20/h12-13,15-17,22H,5-11H2,1-4H3/t12?,13-,15?,16?,17-,19-,20-/m1/s1. The van der Waals surface area contributed by atoms with E-state index in [4.69, 9.17) is 0 Å². The molecule has 4 fully saturated rings. The molecule has 0 amide bonds. The van der Waals surface area contributed by atoms with Crippen LogP contribution >= 0.6 is 0 Å². The van der Waals surface area contributed by atoms with Crippen molar-refractivity contribution in [3.63, 3.8) is 0 Å². The van der Waals surface area contributed by atoms with Gasteiger partial charge in [-0.15, -0.1) is 0 Å². The van der Waals surface area contributed by atoms with Gasteiger partial charge in [-0.2, -0.15) is 0 Å². The molecule has 4 aliphatic carbocycles. The summed E-state index contributed by atoms with van der Waals surface area (Å²) in [5, 5.41) is 10.5. The molecule has 2 bridgehead atoms. The van der Waals surface area contributed by atoms with Crippen molar-refractivity contribution < 1.29 is 9.90 Å². The van der Waals surface area contributed by atoms with Crippen molar-refractivity contribution in [1.29, 1.82) is 0 Å². The highest BCUT2D eigenvalue weighted by molar-refractivity contribution is 5.83. The lowest BCUT2D eigenvalue weighted by atomic mass is 9.40. The van der Waals surface area contributed by atoms with Crippen molar-refractivity contribution >= 4 is 5.78 Å². The van der Waals surface area contributed by atoms with Crippen LogP contribution in [0, 0.1) is 39.9 Å². The van der Waals surface area contributed by atoms with Gasteiger partial charge in [0, 0.05) is 12.3 Å². The molecule has 4 saturated carbocycles. The van der Waals surface area contributed by atoms with Crippen LogP contribution in [0.5, 0.6) is 0 Å². The molecule has 7 atom stereocenters. The monoisotopic (exact) mass is 304 g/mol. The number of rotatable bonds is 0. The molecule has 4 aliphatic rings. The van der Waals surface area contributed by atoms with Crippen LogP contribution in [0.2, 0.25) is 0 Å². The molecule has 0 heterocycles. The number of hydrogen-bond donors (Lipinski definition) is 1. The van der Waals surface area contributed by atoms with Crippen LogP contribution in [0.4, 0.5) is 0 Å². The molecule has 0 radical (unpaired) electrons. The van der Waals surface area contributed by atoms with Crippen molar-refractivity contribution in [2.45, 2.75) is 78.7 Å². The Labute approximate surface area is 135 Å². The zero-order chi connectivity index (χ0) is 15.9. The third-order valence-electron chi connectivity index (χ3n) is 8.84. The molecule has 0 saturated heterocycles. The van der Waals surface area contributed by atoms with Crippen LogP contribution in [0.1, 0.15) is 72.6 Å². The molecule has 0 aliphatic heterocycles. The number of carbonyl (C=O) groups is 1. The lowest BCUT2D eigenvalue weighted by molar-refractivity contribution is -0.182. The zero-order valence-electron chi connectivity index (χ0n) is 14.7. The highest BCUT2D eigenvalue weighted by Crippen LogP contribution is 2.71. The molecular weight excluding hydrogens is 272 g/mol. The second-order valence-corrected chi connectivity index (χ2v) is 10.1. The predicted octanol–water partition coefficient (Wildman–Crippen LogP) is 4.21. The zero-order valence-corrected chi connectivity index (χ0v) is 14.7. The fraction of sp³-hybridized carbons (Fsp3) is 0.950. The summed E-state index contributed by atoms with van der Waals surface area (Å²) in [6.45, 7) is 9.31. The van der Waals surface area contributed by atoms with E-state index in [-0.39, 0.29) is 16.9 Å². The van der Waals surface area contributed by atoms with Crippen molar-refractivity contribution in [2.75, 3.05) is 0 Å². The highest BCUT2D eigenvalue weighted by atomic mass is 16.3. The number of Topliss-reactive ketones (excluding diaryl/α,β-unsaturated/α-hetero) is 1. The number of aliphatic hydroxyl groups is 1. The first-order valence-electron chi connectivity index (χ1n) is 9.41. The van der Waals surface area contributed by atoms with E-state index in [1.165, 1.54) is 25.7 Å². The normalized spacial score (nSPS) is 56.4. The summed E-state index contributed by atoms with van der Waals surface area (Å²) >= 11 is 0. The third kappa shape index (κ3) is 1.68. The highest BCUT2D eigenvalue weighted by Gasteiger charge is 2.66. The average Bonchev–Trinajstić information content (AvgIpc) is 2.72. The topological polar surface area (TPSA) is 37.3 Å². The first-order valence-corrected chi connectivity index (χ1v) is 9.41. The fourth-order valence-corrected chi connectivity index (χ4v) is 7.73. The van der Waals surface area contributed by atoms with Gasteiger partial charge in [-0.05, 0) is 72.5 Å². The van der Waals surface area contributed by atoms with E-state index >= 15 is 0 Å². The lowest BCUT2D eigenvalue weighted by Crippen LogP contribution is -2.59. The summed E-state index contributed by atoms with van der Waals surface area (Å²) < 4.78 is 0. The third-order valence-corrected chi connectivity index (χ3v) is 8.84. The number of carbonyl (C=O) groups excluding carboxylic acids is 1. The molecule has 0 aromatic heterocycles. The summed E-state index contributed by atoms with van der Waals surface area (Å²) in [5.41, 5.74) is 0.700. The van der Waals surface area contributed by atoms with Crippen LogP contribution in [-0.4, -0.2) is 17.0 Å². The van der Waals surface area contributed by atoms with Gasteiger partial charge >= 0.3 is 0 Å². The van der Waals surface area contributed by atoms with E-state index in [0.29, 0.717) is 34.9 Å². The molecule has 4 rings (SSSR count). The van der Waals surface area contributed by atoms with E-state index in [2.05, 4.69) is 27.7 Å². The number of ketones is 1. The minimum atomic E-state index is -0.172. The van der Waals surface area contributed by atoms with Crippen LogP contribution in [-0.2, 0) is 4.79 Å². The van der Waals surface area contributed by atoms with Crippen LogP contribution in [0.3, 0.4) is 0 Å².